The lowest BCUT2D eigenvalue weighted by Gasteiger charge is -2.15. The van der Waals surface area contributed by atoms with Crippen LogP contribution in [0.25, 0.3) is 10.9 Å². The third-order valence-electron chi connectivity index (χ3n) is 4.82. The van der Waals surface area contributed by atoms with Gasteiger partial charge in [-0.15, -0.1) is 0 Å². The number of aryl methyl sites for hydroxylation is 2. The molecule has 1 aromatic heterocycles. The quantitative estimate of drug-likeness (QED) is 0.693. The largest absolute Gasteiger partial charge is 0.378 e. The Hall–Kier alpha value is -3.58. The zero-order chi connectivity index (χ0) is 20.7. The van der Waals surface area contributed by atoms with Crippen molar-refractivity contribution in [1.82, 2.24) is 15.4 Å². The molecule has 2 heterocycles. The van der Waals surface area contributed by atoms with Crippen LogP contribution in [0.3, 0.4) is 0 Å². The maximum atomic E-state index is 13.1. The number of amides is 3. The van der Waals surface area contributed by atoms with Gasteiger partial charge in [0.2, 0.25) is 0 Å². The molecule has 0 saturated carbocycles. The summed E-state index contributed by atoms with van der Waals surface area (Å²) in [7, 11) is 1.49. The van der Waals surface area contributed by atoms with Gasteiger partial charge in [-0.1, -0.05) is 29.3 Å². The molecule has 1 aliphatic rings. The van der Waals surface area contributed by atoms with Gasteiger partial charge in [0, 0.05) is 18.1 Å². The van der Waals surface area contributed by atoms with E-state index in [0.717, 1.165) is 16.1 Å². The lowest BCUT2D eigenvalue weighted by molar-refractivity contribution is 0.0517. The molecule has 1 N–H and O–H groups in total. The molecule has 146 valence electrons. The van der Waals surface area contributed by atoms with Gasteiger partial charge in [0.25, 0.3) is 17.7 Å². The first-order chi connectivity index (χ1) is 13.9. The molecular formula is C22H19N3O4. The number of hydrogen-bond donors (Lipinski definition) is 1. The number of imide groups is 1. The van der Waals surface area contributed by atoms with E-state index in [4.69, 9.17) is 4.74 Å². The summed E-state index contributed by atoms with van der Waals surface area (Å²) >= 11 is 0. The number of fused-ring (bicyclic) bond motifs is 3. The second-order valence-corrected chi connectivity index (χ2v) is 7.02. The van der Waals surface area contributed by atoms with Crippen LogP contribution < -0.4 is 5.43 Å². The number of pyridine rings is 1. The first kappa shape index (κ1) is 18.8. The van der Waals surface area contributed by atoms with Crippen molar-refractivity contribution in [1.29, 1.82) is 0 Å². The predicted octanol–water partition coefficient (Wildman–Crippen LogP) is 2.94. The number of ether oxygens (including phenoxy) is 1. The molecule has 29 heavy (non-hydrogen) atoms. The second kappa shape index (κ2) is 7.10. The SMILES string of the molecule is COCc1nc2ccc(C)cc2c2c1C(=O)N(NC(=O)c1cccc(C)c1)C2=O. The van der Waals surface area contributed by atoms with Crippen LogP contribution in [0.15, 0.2) is 42.5 Å². The molecule has 7 nitrogen and oxygen atoms in total. The van der Waals surface area contributed by atoms with Gasteiger partial charge >= 0.3 is 0 Å². The van der Waals surface area contributed by atoms with E-state index in [-0.39, 0.29) is 17.7 Å². The minimum Gasteiger partial charge on any atom is -0.378 e. The molecular weight excluding hydrogens is 370 g/mol. The molecule has 1 aliphatic heterocycles. The summed E-state index contributed by atoms with van der Waals surface area (Å²) < 4.78 is 5.18. The van der Waals surface area contributed by atoms with Crippen LogP contribution in [0.5, 0.6) is 0 Å². The van der Waals surface area contributed by atoms with Gasteiger partial charge in [-0.2, -0.15) is 5.01 Å². The van der Waals surface area contributed by atoms with Crippen LogP contribution in [0, 0.1) is 13.8 Å². The monoisotopic (exact) mass is 389 g/mol. The van der Waals surface area contributed by atoms with Crippen LogP contribution in [-0.4, -0.2) is 34.8 Å². The summed E-state index contributed by atoms with van der Waals surface area (Å²) in [4.78, 5) is 43.3. The minimum atomic E-state index is -0.617. The number of carbonyl (C=O) groups is 3. The summed E-state index contributed by atoms with van der Waals surface area (Å²) in [5.74, 6) is -1.74. The predicted molar refractivity (Wildman–Crippen MR) is 106 cm³/mol. The molecule has 2 aromatic carbocycles. The number of benzene rings is 2. The van der Waals surface area contributed by atoms with E-state index in [2.05, 4.69) is 10.4 Å². The first-order valence-electron chi connectivity index (χ1n) is 9.09. The zero-order valence-electron chi connectivity index (χ0n) is 16.3. The molecule has 0 saturated heterocycles. The van der Waals surface area contributed by atoms with E-state index in [1.54, 1.807) is 24.3 Å². The third-order valence-corrected chi connectivity index (χ3v) is 4.82. The van der Waals surface area contributed by atoms with Crippen molar-refractivity contribution < 1.29 is 19.1 Å². The van der Waals surface area contributed by atoms with Crippen LogP contribution in [0.1, 0.15) is 47.9 Å². The Morgan fingerprint density at radius 1 is 1.03 bits per heavy atom. The summed E-state index contributed by atoms with van der Waals surface area (Å²) in [6.45, 7) is 3.83. The van der Waals surface area contributed by atoms with Crippen molar-refractivity contribution in [3.05, 3.63) is 76.0 Å². The number of aromatic nitrogens is 1. The van der Waals surface area contributed by atoms with Crippen LogP contribution >= 0.6 is 0 Å². The lowest BCUT2D eigenvalue weighted by atomic mass is 10.0. The molecule has 0 aliphatic carbocycles. The fourth-order valence-electron chi connectivity index (χ4n) is 3.49. The van der Waals surface area contributed by atoms with Crippen LogP contribution in [0.2, 0.25) is 0 Å². The second-order valence-electron chi connectivity index (χ2n) is 7.02. The highest BCUT2D eigenvalue weighted by molar-refractivity contribution is 6.27. The molecule has 0 spiro atoms. The topological polar surface area (TPSA) is 88.6 Å². The number of carbonyl (C=O) groups excluding carboxylic acids is 3. The number of hydrogen-bond acceptors (Lipinski definition) is 5. The average Bonchev–Trinajstić information content (AvgIpc) is 2.94. The summed E-state index contributed by atoms with van der Waals surface area (Å²) in [5, 5.41) is 1.34. The summed E-state index contributed by atoms with van der Waals surface area (Å²) in [6, 6.07) is 12.4. The fraction of sp³-hybridized carbons (Fsp3) is 0.182. The number of hydrazine groups is 1. The Bertz CT molecular complexity index is 1190. The molecule has 0 atom stereocenters. The highest BCUT2D eigenvalue weighted by Gasteiger charge is 2.41. The zero-order valence-corrected chi connectivity index (χ0v) is 16.3. The van der Waals surface area contributed by atoms with Crippen molar-refractivity contribution in [2.45, 2.75) is 20.5 Å². The van der Waals surface area contributed by atoms with Crippen LogP contribution in [-0.2, 0) is 11.3 Å². The Morgan fingerprint density at radius 2 is 1.76 bits per heavy atom. The number of nitrogens with one attached hydrogen (secondary N) is 1. The molecule has 3 aromatic rings. The van der Waals surface area contributed by atoms with E-state index in [1.807, 2.05) is 32.0 Å². The molecule has 0 radical (unpaired) electrons. The van der Waals surface area contributed by atoms with E-state index >= 15 is 0 Å². The highest BCUT2D eigenvalue weighted by Crippen LogP contribution is 2.31. The minimum absolute atomic E-state index is 0.0742. The van der Waals surface area contributed by atoms with Gasteiger partial charge in [-0.05, 0) is 38.1 Å². The average molecular weight is 389 g/mol. The van der Waals surface area contributed by atoms with E-state index in [9.17, 15) is 14.4 Å². The van der Waals surface area contributed by atoms with Gasteiger partial charge in [0.15, 0.2) is 0 Å². The lowest BCUT2D eigenvalue weighted by Crippen LogP contribution is -2.46. The van der Waals surface area contributed by atoms with Gasteiger partial charge < -0.3 is 4.74 Å². The standard InChI is InChI=1S/C22H19N3O4/c1-12-5-4-6-14(9-12)20(26)24-25-21(27)18-15-10-13(2)7-8-16(15)23-17(11-29-3)19(18)22(25)28/h4-10H,11H2,1-3H3,(H,24,26). The van der Waals surface area contributed by atoms with Crippen LogP contribution in [0.4, 0.5) is 0 Å². The number of nitrogens with zero attached hydrogens (tertiary/aromatic N) is 2. The van der Waals surface area contributed by atoms with E-state index < -0.39 is 17.7 Å². The fourth-order valence-corrected chi connectivity index (χ4v) is 3.49. The van der Waals surface area contributed by atoms with Crippen molar-refractivity contribution in [3.8, 4) is 0 Å². The maximum absolute atomic E-state index is 13.1. The first-order valence-corrected chi connectivity index (χ1v) is 9.09. The Morgan fingerprint density at radius 3 is 2.48 bits per heavy atom. The molecule has 4 rings (SSSR count). The van der Waals surface area contributed by atoms with Crippen molar-refractivity contribution in [2.24, 2.45) is 0 Å². The van der Waals surface area contributed by atoms with Gasteiger partial charge in [-0.25, -0.2) is 4.98 Å². The Kier molecular flexibility index (Phi) is 4.60. The summed E-state index contributed by atoms with van der Waals surface area (Å²) in [5.41, 5.74) is 5.99. The number of methoxy groups -OCH3 is 1. The normalized spacial score (nSPS) is 13.1. The molecule has 3 amide bonds. The smallest absolute Gasteiger partial charge is 0.282 e. The third kappa shape index (κ3) is 3.15. The van der Waals surface area contributed by atoms with E-state index in [0.29, 0.717) is 22.2 Å². The van der Waals surface area contributed by atoms with Gasteiger partial charge in [0.05, 0.1) is 28.9 Å². The molecule has 7 heteroatoms. The highest BCUT2D eigenvalue weighted by atomic mass is 16.5. The summed E-state index contributed by atoms with van der Waals surface area (Å²) in [6.07, 6.45) is 0. The molecule has 0 bridgehead atoms. The van der Waals surface area contributed by atoms with Crippen molar-refractivity contribution >= 4 is 28.6 Å². The van der Waals surface area contributed by atoms with Crippen molar-refractivity contribution in [3.63, 3.8) is 0 Å². The Balaban J connectivity index is 1.79. The Labute approximate surface area is 167 Å². The number of rotatable bonds is 4. The molecule has 0 fully saturated rings. The van der Waals surface area contributed by atoms with E-state index in [1.165, 1.54) is 7.11 Å². The van der Waals surface area contributed by atoms with Crippen molar-refractivity contribution in [2.75, 3.05) is 7.11 Å². The molecule has 0 unspecified atom stereocenters. The van der Waals surface area contributed by atoms with Gasteiger partial charge in [-0.3, -0.25) is 19.8 Å². The van der Waals surface area contributed by atoms with Gasteiger partial charge in [0.1, 0.15) is 0 Å². The maximum Gasteiger partial charge on any atom is 0.282 e.